The summed E-state index contributed by atoms with van der Waals surface area (Å²) < 4.78 is 0. The molecule has 0 saturated carbocycles. The van der Waals surface area contributed by atoms with Gasteiger partial charge in [-0.2, -0.15) is 0 Å². The number of nitrogens with two attached hydrogens (primary N) is 1. The van der Waals surface area contributed by atoms with Gasteiger partial charge < -0.3 is 16.4 Å². The van der Waals surface area contributed by atoms with Crippen LogP contribution < -0.4 is 16.4 Å². The summed E-state index contributed by atoms with van der Waals surface area (Å²) in [5.74, 6) is 0.344. The Balaban J connectivity index is 2.19. The van der Waals surface area contributed by atoms with Crippen molar-refractivity contribution in [2.24, 2.45) is 10.7 Å². The predicted molar refractivity (Wildman–Crippen MR) is 77.8 cm³/mol. The van der Waals surface area contributed by atoms with Crippen LogP contribution in [0.4, 0.5) is 0 Å². The minimum Gasteiger partial charge on any atom is -0.370 e. The van der Waals surface area contributed by atoms with Crippen molar-refractivity contribution in [2.45, 2.75) is 6.42 Å². The lowest BCUT2D eigenvalue weighted by molar-refractivity contribution is -0.120. The van der Waals surface area contributed by atoms with Crippen molar-refractivity contribution in [3.8, 4) is 0 Å². The molecule has 1 aromatic rings. The number of rotatable bonds is 7. The number of carbonyl (C=O) groups excluding carboxylic acids is 1. The molecule has 0 spiro atoms. The number of hydrogen-bond donors (Lipinski definition) is 3. The van der Waals surface area contributed by atoms with Crippen LogP contribution in [0.25, 0.3) is 0 Å². The molecule has 1 amide bonds. The van der Waals surface area contributed by atoms with E-state index >= 15 is 0 Å². The molecule has 0 aliphatic rings. The molecule has 0 saturated heterocycles. The van der Waals surface area contributed by atoms with Gasteiger partial charge in [0.05, 0.1) is 13.0 Å². The van der Waals surface area contributed by atoms with Crippen molar-refractivity contribution < 1.29 is 4.79 Å². The van der Waals surface area contributed by atoms with Gasteiger partial charge in [-0.3, -0.25) is 9.79 Å². The third-order valence-corrected chi connectivity index (χ3v) is 2.35. The molecular formula is C14H20N4O. The van der Waals surface area contributed by atoms with Crippen molar-refractivity contribution in [3.63, 3.8) is 0 Å². The summed E-state index contributed by atoms with van der Waals surface area (Å²) in [6, 6.07) is 9.61. The number of nitrogens with one attached hydrogen (secondary N) is 2. The number of hydrogen-bond acceptors (Lipinski definition) is 2. The van der Waals surface area contributed by atoms with Crippen molar-refractivity contribution in [2.75, 3.05) is 19.6 Å². The third kappa shape index (κ3) is 6.88. The number of guanidine groups is 1. The predicted octanol–water partition coefficient (Wildman–Crippen LogP) is 0.436. The molecule has 19 heavy (non-hydrogen) atoms. The lowest BCUT2D eigenvalue weighted by atomic mass is 10.1. The Labute approximate surface area is 113 Å². The Kier molecular flexibility index (Phi) is 6.79. The minimum atomic E-state index is -0.0148. The first kappa shape index (κ1) is 14.8. The fourth-order valence-electron chi connectivity index (χ4n) is 1.45. The normalized spacial score (nSPS) is 10.8. The summed E-state index contributed by atoms with van der Waals surface area (Å²) in [6.45, 7) is 5.07. The van der Waals surface area contributed by atoms with Crippen LogP contribution in [0.15, 0.2) is 48.0 Å². The maximum Gasteiger partial charge on any atom is 0.224 e. The SMILES string of the molecule is C=CCNC(N)=NCCNC(=O)Cc1ccccc1. The third-order valence-electron chi connectivity index (χ3n) is 2.35. The summed E-state index contributed by atoms with van der Waals surface area (Å²) in [7, 11) is 0. The smallest absolute Gasteiger partial charge is 0.224 e. The summed E-state index contributed by atoms with van der Waals surface area (Å²) in [6.07, 6.45) is 2.08. The van der Waals surface area contributed by atoms with E-state index in [0.717, 1.165) is 5.56 Å². The fraction of sp³-hybridized carbons (Fsp3) is 0.286. The molecule has 5 heteroatoms. The van der Waals surface area contributed by atoms with E-state index in [-0.39, 0.29) is 5.91 Å². The van der Waals surface area contributed by atoms with Gasteiger partial charge in [-0.05, 0) is 5.56 Å². The van der Waals surface area contributed by atoms with Gasteiger partial charge >= 0.3 is 0 Å². The molecule has 0 atom stereocenters. The van der Waals surface area contributed by atoms with E-state index in [2.05, 4.69) is 22.2 Å². The molecule has 1 aromatic carbocycles. The highest BCUT2D eigenvalue weighted by molar-refractivity contribution is 5.79. The Morgan fingerprint density at radius 2 is 2.05 bits per heavy atom. The van der Waals surface area contributed by atoms with E-state index in [9.17, 15) is 4.79 Å². The van der Waals surface area contributed by atoms with Gasteiger partial charge in [0.2, 0.25) is 5.91 Å². The molecule has 0 bridgehead atoms. The highest BCUT2D eigenvalue weighted by Crippen LogP contribution is 1.98. The van der Waals surface area contributed by atoms with Crippen molar-refractivity contribution in [1.29, 1.82) is 0 Å². The number of nitrogens with zero attached hydrogens (tertiary/aromatic N) is 1. The zero-order valence-corrected chi connectivity index (χ0v) is 10.9. The monoisotopic (exact) mass is 260 g/mol. The molecule has 102 valence electrons. The van der Waals surface area contributed by atoms with Gasteiger partial charge in [0.15, 0.2) is 5.96 Å². The van der Waals surface area contributed by atoms with Crippen molar-refractivity contribution in [3.05, 3.63) is 48.6 Å². The summed E-state index contributed by atoms with van der Waals surface area (Å²) in [5.41, 5.74) is 6.57. The molecule has 0 aliphatic carbocycles. The average molecular weight is 260 g/mol. The van der Waals surface area contributed by atoms with Crippen LogP contribution in [-0.4, -0.2) is 31.5 Å². The standard InChI is InChI=1S/C14H20N4O/c1-2-8-17-14(15)18-10-9-16-13(19)11-12-6-4-3-5-7-12/h2-7H,1,8-11H2,(H,16,19)(H3,15,17,18). The van der Waals surface area contributed by atoms with E-state index in [1.807, 2.05) is 30.3 Å². The fourth-order valence-corrected chi connectivity index (χ4v) is 1.45. The minimum absolute atomic E-state index is 0.0148. The topological polar surface area (TPSA) is 79.5 Å². The Bertz CT molecular complexity index is 428. The summed E-state index contributed by atoms with van der Waals surface area (Å²) >= 11 is 0. The van der Waals surface area contributed by atoms with Crippen LogP contribution in [0.1, 0.15) is 5.56 Å². The average Bonchev–Trinajstić information content (AvgIpc) is 2.42. The van der Waals surface area contributed by atoms with E-state index in [0.29, 0.717) is 32.0 Å². The summed E-state index contributed by atoms with van der Waals surface area (Å²) in [5, 5.41) is 5.65. The molecule has 0 fully saturated rings. The van der Waals surface area contributed by atoms with E-state index in [1.54, 1.807) is 6.08 Å². The molecule has 4 N–H and O–H groups in total. The highest BCUT2D eigenvalue weighted by atomic mass is 16.1. The largest absolute Gasteiger partial charge is 0.370 e. The molecule has 0 radical (unpaired) electrons. The Hall–Kier alpha value is -2.30. The number of amides is 1. The van der Waals surface area contributed by atoms with E-state index < -0.39 is 0 Å². The van der Waals surface area contributed by atoms with Crippen LogP contribution in [-0.2, 0) is 11.2 Å². The van der Waals surface area contributed by atoms with Gasteiger partial charge in [-0.25, -0.2) is 0 Å². The second kappa shape index (κ2) is 8.74. The molecule has 0 unspecified atom stereocenters. The maximum atomic E-state index is 11.6. The highest BCUT2D eigenvalue weighted by Gasteiger charge is 2.01. The molecule has 5 nitrogen and oxygen atoms in total. The quantitative estimate of drug-likeness (QED) is 0.288. The van der Waals surface area contributed by atoms with E-state index in [1.165, 1.54) is 0 Å². The van der Waals surface area contributed by atoms with Crippen LogP contribution in [0.5, 0.6) is 0 Å². The zero-order chi connectivity index (χ0) is 13.9. The van der Waals surface area contributed by atoms with Gasteiger partial charge in [-0.1, -0.05) is 36.4 Å². The van der Waals surface area contributed by atoms with Gasteiger partial charge in [0, 0.05) is 13.1 Å². The maximum absolute atomic E-state index is 11.6. The second-order valence-electron chi connectivity index (χ2n) is 3.95. The molecule has 0 aliphatic heterocycles. The first-order chi connectivity index (χ1) is 9.22. The number of aliphatic imine (C=N–C) groups is 1. The Morgan fingerprint density at radius 3 is 2.74 bits per heavy atom. The first-order valence-electron chi connectivity index (χ1n) is 6.17. The van der Waals surface area contributed by atoms with Crippen LogP contribution in [0, 0.1) is 0 Å². The Morgan fingerprint density at radius 1 is 1.32 bits per heavy atom. The lowest BCUT2D eigenvalue weighted by Crippen LogP contribution is -2.33. The zero-order valence-electron chi connectivity index (χ0n) is 10.9. The van der Waals surface area contributed by atoms with Crippen LogP contribution in [0.3, 0.4) is 0 Å². The lowest BCUT2D eigenvalue weighted by Gasteiger charge is -2.05. The van der Waals surface area contributed by atoms with E-state index in [4.69, 9.17) is 5.73 Å². The summed E-state index contributed by atoms with van der Waals surface area (Å²) in [4.78, 5) is 15.7. The molecule has 1 rings (SSSR count). The number of carbonyl (C=O) groups is 1. The first-order valence-corrected chi connectivity index (χ1v) is 6.17. The molecule has 0 heterocycles. The van der Waals surface area contributed by atoms with Gasteiger partial charge in [0.25, 0.3) is 0 Å². The van der Waals surface area contributed by atoms with Crippen LogP contribution in [0.2, 0.25) is 0 Å². The van der Waals surface area contributed by atoms with Gasteiger partial charge in [-0.15, -0.1) is 6.58 Å². The molecular weight excluding hydrogens is 240 g/mol. The molecule has 0 aromatic heterocycles. The number of benzene rings is 1. The van der Waals surface area contributed by atoms with Crippen molar-refractivity contribution >= 4 is 11.9 Å². The van der Waals surface area contributed by atoms with Crippen molar-refractivity contribution in [1.82, 2.24) is 10.6 Å². The second-order valence-corrected chi connectivity index (χ2v) is 3.95. The van der Waals surface area contributed by atoms with Gasteiger partial charge in [0.1, 0.15) is 0 Å². The van der Waals surface area contributed by atoms with Crippen LogP contribution >= 0.6 is 0 Å².